The number of sulfonamides is 1. The van der Waals surface area contributed by atoms with Gasteiger partial charge in [0, 0.05) is 11.5 Å². The Morgan fingerprint density at radius 3 is 2.74 bits per heavy atom. The molecule has 1 fully saturated rings. The van der Waals surface area contributed by atoms with E-state index in [2.05, 4.69) is 9.62 Å². The molecule has 0 saturated heterocycles. The second kappa shape index (κ2) is 9.79. The van der Waals surface area contributed by atoms with Crippen molar-refractivity contribution in [3.63, 3.8) is 0 Å². The molecule has 2 aromatic carbocycles. The molecular weight excluding hydrogens is 463 g/mol. The fourth-order valence-corrected chi connectivity index (χ4v) is 5.84. The number of rotatable bonds is 10. The van der Waals surface area contributed by atoms with Gasteiger partial charge in [-0.05, 0) is 74.6 Å². The summed E-state index contributed by atoms with van der Waals surface area (Å²) < 4.78 is 53.8. The first-order valence-corrected chi connectivity index (χ1v) is 13.0. The first-order valence-electron chi connectivity index (χ1n) is 11.5. The van der Waals surface area contributed by atoms with Crippen molar-refractivity contribution in [3.05, 3.63) is 47.3 Å². The first-order chi connectivity index (χ1) is 16.2. The van der Waals surface area contributed by atoms with Crippen molar-refractivity contribution in [2.45, 2.75) is 43.9 Å². The number of carboxylic acid groups (broad SMARTS) is 1. The summed E-state index contributed by atoms with van der Waals surface area (Å²) in [6.07, 6.45) is 0.404. The number of hydrogen-bond donors (Lipinski definition) is 2. The van der Waals surface area contributed by atoms with Gasteiger partial charge in [0.2, 0.25) is 5.75 Å². The zero-order valence-corrected chi connectivity index (χ0v) is 20.0. The van der Waals surface area contributed by atoms with Crippen molar-refractivity contribution in [2.24, 2.45) is 5.92 Å². The number of aryl methyl sites for hydroxylation is 1. The normalized spacial score (nSPS) is 18.6. The van der Waals surface area contributed by atoms with Gasteiger partial charge in [0.25, 0.3) is 10.0 Å². The molecule has 2 aromatic rings. The van der Waals surface area contributed by atoms with Gasteiger partial charge in [-0.2, -0.15) is 0 Å². The Morgan fingerprint density at radius 2 is 2.03 bits per heavy atom. The van der Waals surface area contributed by atoms with E-state index in [4.69, 9.17) is 9.47 Å². The number of ether oxygens (including phenoxy) is 2. The molecule has 10 heteroatoms. The summed E-state index contributed by atoms with van der Waals surface area (Å²) in [6, 6.07) is 6.78. The second-order valence-corrected chi connectivity index (χ2v) is 10.3. The maximum atomic E-state index is 14.0. The SMILES string of the molecule is CCN(CC)CCCc1cc(F)ccc1S(=O)(=O)Nc1ccc2c(c1OC(=O)O)OC[C@@H]1C[C@H]21. The Kier molecular flexibility index (Phi) is 6.99. The highest BCUT2D eigenvalue weighted by Crippen LogP contribution is 2.57. The van der Waals surface area contributed by atoms with Gasteiger partial charge >= 0.3 is 6.16 Å². The molecule has 0 radical (unpaired) electrons. The van der Waals surface area contributed by atoms with Crippen LogP contribution in [-0.2, 0) is 16.4 Å². The van der Waals surface area contributed by atoms with Crippen LogP contribution in [0.25, 0.3) is 0 Å². The van der Waals surface area contributed by atoms with Crippen molar-refractivity contribution in [1.29, 1.82) is 0 Å². The summed E-state index contributed by atoms with van der Waals surface area (Å²) in [6.45, 7) is 7.04. The standard InChI is InChI=1S/C24H29FN2O6S/c1-3-27(4-2)11-5-6-15-12-17(25)7-10-21(15)34(30,31)26-20-9-8-18-19-13-16(19)14-32-22(18)23(20)33-24(28)29/h7-10,12,16,19,26H,3-6,11,13-14H2,1-2H3,(H,28,29)/t16-,19-/m0/s1. The van der Waals surface area contributed by atoms with Crippen LogP contribution in [0.15, 0.2) is 35.2 Å². The van der Waals surface area contributed by atoms with Crippen LogP contribution in [0.1, 0.15) is 43.7 Å². The lowest BCUT2D eigenvalue weighted by Gasteiger charge is -2.22. The number of nitrogens with zero attached hydrogens (tertiary/aromatic N) is 1. The summed E-state index contributed by atoms with van der Waals surface area (Å²) in [5.41, 5.74) is 1.13. The Morgan fingerprint density at radius 1 is 1.26 bits per heavy atom. The maximum absolute atomic E-state index is 14.0. The smallest absolute Gasteiger partial charge is 0.489 e. The molecule has 2 N–H and O–H groups in total. The van der Waals surface area contributed by atoms with Gasteiger partial charge in [0.05, 0.1) is 17.2 Å². The largest absolute Gasteiger partial charge is 0.511 e. The summed E-state index contributed by atoms with van der Waals surface area (Å²) in [5.74, 6) is 0.211. The van der Waals surface area contributed by atoms with Crippen LogP contribution >= 0.6 is 0 Å². The predicted octanol–water partition coefficient (Wildman–Crippen LogP) is 4.45. The van der Waals surface area contributed by atoms with E-state index in [-0.39, 0.29) is 28.0 Å². The average molecular weight is 493 g/mol. The molecule has 0 bridgehead atoms. The van der Waals surface area contributed by atoms with Crippen molar-refractivity contribution < 1.29 is 32.2 Å². The van der Waals surface area contributed by atoms with Crippen molar-refractivity contribution in [1.82, 2.24) is 4.90 Å². The van der Waals surface area contributed by atoms with Crippen LogP contribution < -0.4 is 14.2 Å². The van der Waals surface area contributed by atoms with Crippen molar-refractivity contribution in [2.75, 3.05) is 31.0 Å². The molecular formula is C24H29FN2O6S. The van der Waals surface area contributed by atoms with Crippen LogP contribution in [0.2, 0.25) is 0 Å². The predicted molar refractivity (Wildman–Crippen MR) is 125 cm³/mol. The minimum absolute atomic E-state index is 0.0429. The van der Waals surface area contributed by atoms with Gasteiger partial charge in [-0.25, -0.2) is 17.6 Å². The number of hydrogen-bond acceptors (Lipinski definition) is 6. The van der Waals surface area contributed by atoms with E-state index in [1.165, 1.54) is 18.2 Å². The second-order valence-electron chi connectivity index (χ2n) is 8.63. The van der Waals surface area contributed by atoms with Crippen molar-refractivity contribution in [3.8, 4) is 11.5 Å². The molecule has 0 spiro atoms. The van der Waals surface area contributed by atoms with Crippen LogP contribution in [0, 0.1) is 11.7 Å². The Labute approximate surface area is 198 Å². The monoisotopic (exact) mass is 492 g/mol. The van der Waals surface area contributed by atoms with E-state index in [1.54, 1.807) is 6.07 Å². The van der Waals surface area contributed by atoms with Crippen LogP contribution in [-0.4, -0.2) is 50.8 Å². The van der Waals surface area contributed by atoms with Gasteiger partial charge < -0.3 is 19.5 Å². The highest BCUT2D eigenvalue weighted by atomic mass is 32.2. The zero-order valence-electron chi connectivity index (χ0n) is 19.2. The number of halogens is 1. The third kappa shape index (κ3) is 5.12. The fraction of sp³-hybridized carbons (Fsp3) is 0.458. The van der Waals surface area contributed by atoms with E-state index in [1.807, 2.05) is 13.8 Å². The average Bonchev–Trinajstić information content (AvgIpc) is 3.58. The van der Waals surface area contributed by atoms with E-state index in [0.717, 1.165) is 37.7 Å². The minimum atomic E-state index is -4.17. The highest BCUT2D eigenvalue weighted by molar-refractivity contribution is 7.92. The summed E-state index contributed by atoms with van der Waals surface area (Å²) in [5, 5.41) is 9.24. The molecule has 34 heavy (non-hydrogen) atoms. The number of fused-ring (bicyclic) bond motifs is 3. The molecule has 1 aliphatic carbocycles. The number of benzene rings is 2. The number of carbonyl (C=O) groups is 1. The molecule has 1 saturated carbocycles. The van der Waals surface area contributed by atoms with E-state index >= 15 is 0 Å². The molecule has 2 aliphatic rings. The molecule has 184 valence electrons. The zero-order chi connectivity index (χ0) is 24.5. The summed E-state index contributed by atoms with van der Waals surface area (Å²) in [7, 11) is -4.17. The van der Waals surface area contributed by atoms with Crippen molar-refractivity contribution >= 4 is 21.9 Å². The Balaban J connectivity index is 1.63. The molecule has 0 unspecified atom stereocenters. The highest BCUT2D eigenvalue weighted by Gasteiger charge is 2.45. The first kappa shape index (κ1) is 24.3. The quantitative estimate of drug-likeness (QED) is 0.373. The lowest BCUT2D eigenvalue weighted by molar-refractivity contribution is 0.141. The molecule has 8 nitrogen and oxygen atoms in total. The van der Waals surface area contributed by atoms with E-state index in [0.29, 0.717) is 30.9 Å². The molecule has 0 aromatic heterocycles. The lowest BCUT2D eigenvalue weighted by Crippen LogP contribution is -2.24. The van der Waals surface area contributed by atoms with Gasteiger partial charge in [-0.15, -0.1) is 0 Å². The minimum Gasteiger partial charge on any atom is -0.489 e. The Hall–Kier alpha value is -2.85. The Bertz CT molecular complexity index is 1180. The molecule has 1 heterocycles. The van der Waals surface area contributed by atoms with Gasteiger partial charge in [-0.3, -0.25) is 4.72 Å². The lowest BCUT2D eigenvalue weighted by atomic mass is 10.0. The maximum Gasteiger partial charge on any atom is 0.511 e. The van der Waals surface area contributed by atoms with Crippen LogP contribution in [0.4, 0.5) is 14.9 Å². The summed E-state index contributed by atoms with van der Waals surface area (Å²) in [4.78, 5) is 13.5. The number of anilines is 1. The molecule has 4 rings (SSSR count). The fourth-order valence-electron chi connectivity index (χ4n) is 4.53. The number of nitrogens with one attached hydrogen (secondary N) is 1. The molecule has 1 aliphatic heterocycles. The van der Waals surface area contributed by atoms with E-state index < -0.39 is 22.0 Å². The van der Waals surface area contributed by atoms with Crippen LogP contribution in [0.3, 0.4) is 0 Å². The molecule has 2 atom stereocenters. The van der Waals surface area contributed by atoms with Gasteiger partial charge in [-0.1, -0.05) is 19.9 Å². The third-order valence-corrected chi connectivity index (χ3v) is 7.93. The summed E-state index contributed by atoms with van der Waals surface area (Å²) >= 11 is 0. The topological polar surface area (TPSA) is 105 Å². The van der Waals surface area contributed by atoms with Gasteiger partial charge in [0.1, 0.15) is 5.82 Å². The van der Waals surface area contributed by atoms with E-state index in [9.17, 15) is 22.7 Å². The van der Waals surface area contributed by atoms with Gasteiger partial charge in [0.15, 0.2) is 5.75 Å². The van der Waals surface area contributed by atoms with Crippen LogP contribution in [0.5, 0.6) is 11.5 Å². The third-order valence-electron chi connectivity index (χ3n) is 6.47. The molecule has 0 amide bonds.